The molecule has 3 aromatic heterocycles. The lowest BCUT2D eigenvalue weighted by Gasteiger charge is -2.19. The predicted molar refractivity (Wildman–Crippen MR) is 390 cm³/mol. The zero-order valence-electron chi connectivity index (χ0n) is 57.7. The zero-order chi connectivity index (χ0) is 71.2. The molecule has 3 heterocycles. The largest absolute Gasteiger partial charge is 0.290 e. The van der Waals surface area contributed by atoms with E-state index in [0.29, 0.717) is 51.5 Å². The first kappa shape index (κ1) is 72.9. The van der Waals surface area contributed by atoms with Gasteiger partial charge in [-0.1, -0.05) is 206 Å². The number of nitrogens with zero attached hydrogens (tertiary/aromatic N) is 9. The normalized spacial score (nSPS) is 10.9. The average molecular weight is 1330 g/mol. The molecule has 6 amide bonds. The molecule has 6 N–H and O–H groups in total. The third-order valence-corrected chi connectivity index (χ3v) is 15.2. The Bertz CT molecular complexity index is 4270. The van der Waals surface area contributed by atoms with Gasteiger partial charge in [-0.05, 0) is 135 Å². The minimum absolute atomic E-state index is 0.0199. The van der Waals surface area contributed by atoms with Gasteiger partial charge in [0.15, 0.2) is 11.6 Å². The Morgan fingerprint density at radius 1 is 0.354 bits per heavy atom. The number of amides is 6. The maximum Gasteiger partial charge on any atom is 0.258 e. The van der Waals surface area contributed by atoms with Crippen LogP contribution >= 0.6 is 0 Å². The molecule has 10 aromatic rings. The lowest BCUT2D eigenvalue weighted by Crippen LogP contribution is -2.19. The summed E-state index contributed by atoms with van der Waals surface area (Å²) in [6.07, 6.45) is 7.60. The molecular formula is C78H83N15O6. The molecule has 0 saturated carbocycles. The summed E-state index contributed by atoms with van der Waals surface area (Å²) in [7, 11) is 0. The van der Waals surface area contributed by atoms with Crippen LogP contribution in [-0.2, 0) is 17.3 Å². The molecule has 0 fully saturated rings. The molecule has 0 aliphatic carbocycles. The molecule has 99 heavy (non-hydrogen) atoms. The Hall–Kier alpha value is -11.9. The van der Waals surface area contributed by atoms with Crippen LogP contribution in [0.4, 0.5) is 35.7 Å². The van der Waals surface area contributed by atoms with E-state index >= 15 is 0 Å². The molecule has 0 bridgehead atoms. The van der Waals surface area contributed by atoms with Crippen molar-refractivity contribution in [2.45, 2.75) is 126 Å². The molecule has 0 atom stereocenters. The zero-order valence-corrected chi connectivity index (χ0v) is 57.7. The molecule has 0 spiro atoms. The maximum atomic E-state index is 13.0. The summed E-state index contributed by atoms with van der Waals surface area (Å²) < 4.78 is 0. The Morgan fingerprint density at radius 3 is 0.980 bits per heavy atom. The van der Waals surface area contributed by atoms with Crippen molar-refractivity contribution in [1.82, 2.24) is 44.9 Å². The summed E-state index contributed by atoms with van der Waals surface area (Å²) in [4.78, 5) is 115. The third-order valence-electron chi connectivity index (χ3n) is 15.2. The van der Waals surface area contributed by atoms with E-state index in [4.69, 9.17) is 0 Å². The van der Waals surface area contributed by atoms with Crippen molar-refractivity contribution < 1.29 is 28.8 Å². The monoisotopic (exact) mass is 1330 g/mol. The van der Waals surface area contributed by atoms with E-state index in [1.165, 1.54) is 18.9 Å². The van der Waals surface area contributed by atoms with Crippen LogP contribution in [0.3, 0.4) is 0 Å². The molecule has 21 heteroatoms. The van der Waals surface area contributed by atoms with Gasteiger partial charge in [-0.15, -0.1) is 0 Å². The Balaban J connectivity index is 0.000000191. The highest BCUT2D eigenvalue weighted by molar-refractivity contribution is 6.07. The summed E-state index contributed by atoms with van der Waals surface area (Å²) >= 11 is 0. The summed E-state index contributed by atoms with van der Waals surface area (Å²) in [5.74, 6) is -0.565. The summed E-state index contributed by atoms with van der Waals surface area (Å²) in [6, 6.07) is 53.0. The van der Waals surface area contributed by atoms with Crippen molar-refractivity contribution in [3.05, 3.63) is 261 Å². The number of benzene rings is 7. The van der Waals surface area contributed by atoms with Crippen molar-refractivity contribution >= 4 is 77.2 Å². The topological polar surface area (TPSA) is 291 Å². The van der Waals surface area contributed by atoms with E-state index in [2.05, 4.69) is 132 Å². The number of hydrogen-bond donors (Lipinski definition) is 6. The van der Waals surface area contributed by atoms with Crippen LogP contribution in [0.2, 0.25) is 0 Å². The van der Waals surface area contributed by atoms with Crippen LogP contribution in [0.5, 0.6) is 0 Å². The molecule has 506 valence electrons. The molecule has 21 nitrogen and oxygen atoms in total. The van der Waals surface area contributed by atoms with Gasteiger partial charge in [0.1, 0.15) is 5.82 Å². The van der Waals surface area contributed by atoms with Crippen molar-refractivity contribution in [2.24, 2.45) is 0 Å². The van der Waals surface area contributed by atoms with Gasteiger partial charge in [0.25, 0.3) is 35.4 Å². The van der Waals surface area contributed by atoms with Crippen molar-refractivity contribution in [1.29, 1.82) is 0 Å². The smallest absolute Gasteiger partial charge is 0.258 e. The van der Waals surface area contributed by atoms with Crippen LogP contribution in [0.15, 0.2) is 183 Å². The van der Waals surface area contributed by atoms with Crippen LogP contribution in [0, 0.1) is 27.7 Å². The fourth-order valence-electron chi connectivity index (χ4n) is 9.76. The number of carbonyl (C=O) groups is 6. The SMILES string of the molecule is C=Cc1nc(NC(=O)c2cccc(C)c2)nc(NC(=O)c2cccc(C)c2)n1.CC(C)(C)c1ccc(C(=O)Nc2nc(NC(=O)c3ccc(C(C)(C)C)cc3)nc(-c3ccccc3)n2)cc1.CCCCCCCc1nc(NC(=O)c2cccc(C)c2)nc(NC(=O)c2cccc(C)c2)n1. The van der Waals surface area contributed by atoms with Gasteiger partial charge >= 0.3 is 0 Å². The molecule has 0 aliphatic heterocycles. The van der Waals surface area contributed by atoms with Gasteiger partial charge in [-0.25, -0.2) is 0 Å². The second-order valence-electron chi connectivity index (χ2n) is 25.6. The molecule has 7 aromatic carbocycles. The highest BCUT2D eigenvalue weighted by atomic mass is 16.2. The maximum absolute atomic E-state index is 13.0. The molecule has 10 rings (SSSR count). The van der Waals surface area contributed by atoms with Crippen LogP contribution in [0.25, 0.3) is 17.5 Å². The second kappa shape index (κ2) is 34.2. The molecule has 0 unspecified atom stereocenters. The molecular weight excluding hydrogens is 1240 g/mol. The van der Waals surface area contributed by atoms with E-state index < -0.39 is 0 Å². The Labute approximate surface area is 577 Å². The van der Waals surface area contributed by atoms with E-state index in [1.54, 1.807) is 84.9 Å². The van der Waals surface area contributed by atoms with Gasteiger partial charge in [-0.2, -0.15) is 44.9 Å². The van der Waals surface area contributed by atoms with Gasteiger partial charge < -0.3 is 0 Å². The number of aromatic nitrogens is 9. The first-order valence-electron chi connectivity index (χ1n) is 32.6. The number of anilines is 6. The highest BCUT2D eigenvalue weighted by Gasteiger charge is 2.21. The minimum atomic E-state index is -0.360. The van der Waals surface area contributed by atoms with Crippen LogP contribution in [-0.4, -0.2) is 80.3 Å². The lowest BCUT2D eigenvalue weighted by atomic mass is 9.86. The standard InChI is InChI=1S/C31H33N5O2.C26H31N5O2.C21H19N5O2/c1-30(2,3)23-16-12-21(13-17-23)26(37)34-28-32-25(20-10-8-7-9-11-20)33-29(36-28)35-27(38)22-14-18-24(19-15-22)31(4,5)6;1-4-5-6-7-8-15-22-27-25(29-23(32)20-13-9-11-18(2)16-20)31-26(28-22)30-24(33)21-14-10-12-19(3)17-21;1-4-17-22-20(24-18(27)15-9-5-7-13(2)11-15)26-21(23-17)25-19(28)16-10-6-8-14(3)12-16/h7-19H,1-6H3,(H2,32,33,34,35,36,37,38);9-14,16-17H,4-8,15H2,1-3H3,(H2,27,28,29,30,31,32,33);4-12H,1H2,2-3H3,(H2,22,23,24,25,26,27,28). The van der Waals surface area contributed by atoms with Crippen molar-refractivity contribution in [3.63, 3.8) is 0 Å². The molecule has 0 aliphatic rings. The van der Waals surface area contributed by atoms with Crippen LogP contribution < -0.4 is 31.9 Å². The fraction of sp³-hybridized carbons (Fsp3) is 0.244. The number of unbranched alkanes of at least 4 members (excludes halogenated alkanes) is 4. The van der Waals surface area contributed by atoms with Crippen LogP contribution in [0.1, 0.15) is 188 Å². The Kier molecular flexibility index (Phi) is 25.2. The average Bonchev–Trinajstić information content (AvgIpc) is 0.839. The predicted octanol–water partition coefficient (Wildman–Crippen LogP) is 15.8. The first-order chi connectivity index (χ1) is 47.3. The summed E-state index contributed by atoms with van der Waals surface area (Å²) in [5, 5.41) is 16.2. The van der Waals surface area contributed by atoms with E-state index in [1.807, 2.05) is 119 Å². The van der Waals surface area contributed by atoms with E-state index in [0.717, 1.165) is 58.2 Å². The highest BCUT2D eigenvalue weighted by Crippen LogP contribution is 2.26. The van der Waals surface area contributed by atoms with E-state index in [9.17, 15) is 28.8 Å². The molecule has 0 saturated heterocycles. The van der Waals surface area contributed by atoms with Gasteiger partial charge in [0.05, 0.1) is 0 Å². The quantitative estimate of drug-likeness (QED) is 0.0387. The van der Waals surface area contributed by atoms with Crippen molar-refractivity contribution in [2.75, 3.05) is 31.9 Å². The third kappa shape index (κ3) is 22.4. The Morgan fingerprint density at radius 2 is 0.667 bits per heavy atom. The van der Waals surface area contributed by atoms with E-state index in [-0.39, 0.29) is 87.8 Å². The van der Waals surface area contributed by atoms with Crippen molar-refractivity contribution in [3.8, 4) is 11.4 Å². The number of carbonyl (C=O) groups excluding carboxylic acids is 6. The van der Waals surface area contributed by atoms with Gasteiger partial charge in [0.2, 0.25) is 35.7 Å². The summed E-state index contributed by atoms with van der Waals surface area (Å²) in [6.45, 7) is 26.2. The number of nitrogens with one attached hydrogen (secondary N) is 6. The fourth-order valence-corrected chi connectivity index (χ4v) is 9.76. The number of hydrogen-bond acceptors (Lipinski definition) is 15. The van der Waals surface area contributed by atoms with Gasteiger partial charge in [0, 0.05) is 45.4 Å². The van der Waals surface area contributed by atoms with Gasteiger partial charge in [-0.3, -0.25) is 60.7 Å². The molecule has 0 radical (unpaired) electrons. The second-order valence-corrected chi connectivity index (χ2v) is 25.6. The lowest BCUT2D eigenvalue weighted by molar-refractivity contribution is 0.101. The summed E-state index contributed by atoms with van der Waals surface area (Å²) in [5.41, 5.74) is 9.76. The number of rotatable bonds is 20. The number of aryl methyl sites for hydroxylation is 5. The minimum Gasteiger partial charge on any atom is -0.290 e. The first-order valence-corrected chi connectivity index (χ1v) is 32.6.